The van der Waals surface area contributed by atoms with Crippen molar-refractivity contribution in [1.29, 1.82) is 0 Å². The molecule has 2 unspecified atom stereocenters. The number of carbonyl (C=O) groups is 1. The first kappa shape index (κ1) is 17.0. The first-order chi connectivity index (χ1) is 9.64. The van der Waals surface area contributed by atoms with Crippen LogP contribution in [0.15, 0.2) is 21.5 Å². The Hall–Kier alpha value is -0.380. The van der Waals surface area contributed by atoms with E-state index in [0.29, 0.717) is 4.47 Å². The Morgan fingerprint density at radius 1 is 1.38 bits per heavy atom. The molecule has 2 rings (SSSR count). The summed E-state index contributed by atoms with van der Waals surface area (Å²) in [5.74, 6) is -0.834. The van der Waals surface area contributed by atoms with Crippen molar-refractivity contribution < 1.29 is 18.3 Å². The van der Waals surface area contributed by atoms with Crippen LogP contribution >= 0.6 is 39.1 Å². The predicted molar refractivity (Wildman–Crippen MR) is 81.7 cm³/mol. The number of benzene rings is 1. The zero-order chi connectivity index (χ0) is 15.9. The molecule has 0 radical (unpaired) electrons. The average molecular weight is 418 g/mol. The molecule has 1 amide bonds. The van der Waals surface area contributed by atoms with Crippen LogP contribution in [0.2, 0.25) is 10.0 Å². The summed E-state index contributed by atoms with van der Waals surface area (Å²) >= 11 is 15.1. The topological polar surface area (TPSA) is 101 Å². The maximum absolute atomic E-state index is 12.7. The standard InChI is InChI=1S/C11H11BrCl2N2O4S/c12-5-1-7(13)10(8(14)2-5)21(19,20)16-4-6(17)3-9(16)11(15)18/h1-2,6,9,17H,3-4H2,(H2,15,18). The number of β-amino-alcohol motifs (C(OH)–C–C–N with tert-alkyl or cyclic N) is 1. The summed E-state index contributed by atoms with van der Waals surface area (Å²) < 4.78 is 26.7. The summed E-state index contributed by atoms with van der Waals surface area (Å²) in [4.78, 5) is 11.1. The third-order valence-electron chi connectivity index (χ3n) is 3.09. The van der Waals surface area contributed by atoms with Gasteiger partial charge in [-0.2, -0.15) is 4.31 Å². The Labute approximate surface area is 140 Å². The van der Waals surface area contributed by atoms with E-state index < -0.39 is 28.1 Å². The van der Waals surface area contributed by atoms with Gasteiger partial charge in [-0.3, -0.25) is 4.79 Å². The Morgan fingerprint density at radius 2 is 1.90 bits per heavy atom. The van der Waals surface area contributed by atoms with Crippen molar-refractivity contribution in [3.63, 3.8) is 0 Å². The van der Waals surface area contributed by atoms with Crippen LogP contribution in [-0.2, 0) is 14.8 Å². The van der Waals surface area contributed by atoms with Gasteiger partial charge in [-0.25, -0.2) is 8.42 Å². The Morgan fingerprint density at radius 3 is 2.38 bits per heavy atom. The van der Waals surface area contributed by atoms with Gasteiger partial charge in [-0.05, 0) is 12.1 Å². The van der Waals surface area contributed by atoms with E-state index in [0.717, 1.165) is 4.31 Å². The Bertz CT molecular complexity index is 674. The quantitative estimate of drug-likeness (QED) is 0.775. The molecule has 1 aliphatic rings. The van der Waals surface area contributed by atoms with E-state index in [1.807, 2.05) is 0 Å². The van der Waals surface area contributed by atoms with Crippen molar-refractivity contribution in [2.24, 2.45) is 5.73 Å². The molecule has 116 valence electrons. The molecule has 1 aromatic rings. The van der Waals surface area contributed by atoms with Gasteiger partial charge in [0.05, 0.1) is 16.1 Å². The highest BCUT2D eigenvalue weighted by Crippen LogP contribution is 2.37. The molecular formula is C11H11BrCl2N2O4S. The number of amides is 1. The van der Waals surface area contributed by atoms with Crippen LogP contribution in [-0.4, -0.2) is 42.4 Å². The van der Waals surface area contributed by atoms with Crippen molar-refractivity contribution in [3.05, 3.63) is 26.7 Å². The van der Waals surface area contributed by atoms with Gasteiger partial charge < -0.3 is 10.8 Å². The zero-order valence-corrected chi connectivity index (χ0v) is 14.4. The number of aliphatic hydroxyl groups excluding tert-OH is 1. The number of nitrogens with two attached hydrogens (primary N) is 1. The number of aliphatic hydroxyl groups is 1. The number of primary amides is 1. The van der Waals surface area contributed by atoms with Crippen LogP contribution in [0.5, 0.6) is 0 Å². The first-order valence-corrected chi connectivity index (χ1v) is 8.77. The summed E-state index contributed by atoms with van der Waals surface area (Å²) in [5.41, 5.74) is 5.20. The molecule has 0 spiro atoms. The summed E-state index contributed by atoms with van der Waals surface area (Å²) in [6.07, 6.45) is -1.02. The Kier molecular flexibility index (Phi) is 4.87. The second-order valence-electron chi connectivity index (χ2n) is 4.58. The lowest BCUT2D eigenvalue weighted by molar-refractivity contribution is -0.121. The lowest BCUT2D eigenvalue weighted by Gasteiger charge is -2.22. The van der Waals surface area contributed by atoms with Crippen molar-refractivity contribution in [2.75, 3.05) is 6.54 Å². The molecule has 1 saturated heterocycles. The van der Waals surface area contributed by atoms with Gasteiger partial charge >= 0.3 is 0 Å². The summed E-state index contributed by atoms with van der Waals surface area (Å²) in [5, 5.41) is 9.46. The maximum Gasteiger partial charge on any atom is 0.246 e. The lowest BCUT2D eigenvalue weighted by Crippen LogP contribution is -2.43. The number of nitrogens with zero attached hydrogens (tertiary/aromatic N) is 1. The van der Waals surface area contributed by atoms with Crippen LogP contribution in [0.3, 0.4) is 0 Å². The molecule has 1 fully saturated rings. The van der Waals surface area contributed by atoms with Crippen molar-refractivity contribution in [2.45, 2.75) is 23.5 Å². The zero-order valence-electron chi connectivity index (χ0n) is 10.5. The number of halogens is 3. The minimum atomic E-state index is -4.16. The van der Waals surface area contributed by atoms with Gasteiger partial charge in [0.1, 0.15) is 10.9 Å². The molecule has 21 heavy (non-hydrogen) atoms. The van der Waals surface area contributed by atoms with Crippen molar-refractivity contribution >= 4 is 55.1 Å². The fraction of sp³-hybridized carbons (Fsp3) is 0.364. The van der Waals surface area contributed by atoms with Crippen LogP contribution in [0.4, 0.5) is 0 Å². The first-order valence-electron chi connectivity index (χ1n) is 5.78. The van der Waals surface area contributed by atoms with Gasteiger partial charge in [0, 0.05) is 17.4 Å². The summed E-state index contributed by atoms with van der Waals surface area (Å²) in [6, 6.07) is 1.64. The highest BCUT2D eigenvalue weighted by Gasteiger charge is 2.44. The normalized spacial score (nSPS) is 23.4. The number of hydrogen-bond acceptors (Lipinski definition) is 4. The highest BCUT2D eigenvalue weighted by molar-refractivity contribution is 9.10. The second-order valence-corrected chi connectivity index (χ2v) is 8.14. The molecule has 1 heterocycles. The Balaban J connectivity index is 2.55. The number of carbonyl (C=O) groups excluding carboxylic acids is 1. The minimum absolute atomic E-state index is 0.0552. The molecule has 0 aliphatic carbocycles. The van der Waals surface area contributed by atoms with Crippen molar-refractivity contribution in [1.82, 2.24) is 4.31 Å². The number of hydrogen-bond donors (Lipinski definition) is 2. The van der Waals surface area contributed by atoms with E-state index in [-0.39, 0.29) is 27.9 Å². The smallest absolute Gasteiger partial charge is 0.246 e. The molecule has 10 heteroatoms. The molecular weight excluding hydrogens is 407 g/mol. The van der Waals surface area contributed by atoms with Crippen LogP contribution in [0.25, 0.3) is 0 Å². The van der Waals surface area contributed by atoms with Crippen LogP contribution < -0.4 is 5.73 Å². The monoisotopic (exact) mass is 416 g/mol. The van der Waals surface area contributed by atoms with Gasteiger partial charge in [0.25, 0.3) is 0 Å². The van der Waals surface area contributed by atoms with Gasteiger partial charge in [0.15, 0.2) is 0 Å². The summed E-state index contributed by atoms with van der Waals surface area (Å²) in [7, 11) is -4.16. The SMILES string of the molecule is NC(=O)C1CC(O)CN1S(=O)(=O)c1c(Cl)cc(Br)cc1Cl. The largest absolute Gasteiger partial charge is 0.392 e. The fourth-order valence-electron chi connectivity index (χ4n) is 2.20. The fourth-order valence-corrected chi connectivity index (χ4v) is 5.73. The molecule has 3 N–H and O–H groups in total. The van der Waals surface area contributed by atoms with E-state index in [2.05, 4.69) is 15.9 Å². The molecule has 2 atom stereocenters. The number of rotatable bonds is 3. The van der Waals surface area contributed by atoms with Gasteiger partial charge in [-0.1, -0.05) is 39.1 Å². The van der Waals surface area contributed by atoms with Crippen LogP contribution in [0.1, 0.15) is 6.42 Å². The molecule has 6 nitrogen and oxygen atoms in total. The van der Waals surface area contributed by atoms with E-state index in [4.69, 9.17) is 28.9 Å². The van der Waals surface area contributed by atoms with E-state index in [1.54, 1.807) is 0 Å². The minimum Gasteiger partial charge on any atom is -0.392 e. The highest BCUT2D eigenvalue weighted by atomic mass is 79.9. The molecule has 0 aromatic heterocycles. The molecule has 1 aliphatic heterocycles. The average Bonchev–Trinajstić information content (AvgIpc) is 2.70. The number of sulfonamides is 1. The van der Waals surface area contributed by atoms with Crippen molar-refractivity contribution in [3.8, 4) is 0 Å². The van der Waals surface area contributed by atoms with E-state index in [9.17, 15) is 18.3 Å². The van der Waals surface area contributed by atoms with Crippen LogP contribution in [0, 0.1) is 0 Å². The third kappa shape index (κ3) is 3.20. The molecule has 0 saturated carbocycles. The van der Waals surface area contributed by atoms with E-state index >= 15 is 0 Å². The molecule has 1 aromatic carbocycles. The molecule has 0 bridgehead atoms. The summed E-state index contributed by atoms with van der Waals surface area (Å²) in [6.45, 7) is -0.237. The third-order valence-corrected chi connectivity index (χ3v) is 6.35. The van der Waals surface area contributed by atoms with Gasteiger partial charge in [0.2, 0.25) is 15.9 Å². The predicted octanol–water partition coefficient (Wildman–Crippen LogP) is 1.37. The second kappa shape index (κ2) is 6.02. The maximum atomic E-state index is 12.7. The lowest BCUT2D eigenvalue weighted by atomic mass is 10.2. The van der Waals surface area contributed by atoms with E-state index in [1.165, 1.54) is 12.1 Å². The van der Waals surface area contributed by atoms with Gasteiger partial charge in [-0.15, -0.1) is 0 Å².